The Morgan fingerprint density at radius 2 is 1.67 bits per heavy atom. The van der Waals surface area contributed by atoms with E-state index in [1.165, 1.54) is 0 Å². The molecule has 0 unspecified atom stereocenters. The van der Waals surface area contributed by atoms with E-state index in [-0.39, 0.29) is 6.04 Å². The van der Waals surface area contributed by atoms with E-state index < -0.39 is 0 Å². The molecule has 0 atom stereocenters. The molecule has 7 nitrogen and oxygen atoms in total. The molecule has 1 saturated heterocycles. The Morgan fingerprint density at radius 3 is 2.23 bits per heavy atom. The predicted molar refractivity (Wildman–Crippen MR) is 114 cm³/mol. The molecule has 148 valence electrons. The largest absolute Gasteiger partial charge is 0.377 e. The van der Waals surface area contributed by atoms with E-state index in [2.05, 4.69) is 20.5 Å². The number of hydrogen-bond donors (Lipinski definition) is 0. The van der Waals surface area contributed by atoms with E-state index in [0.717, 1.165) is 16.8 Å². The van der Waals surface area contributed by atoms with Gasteiger partial charge in [-0.15, -0.1) is 5.10 Å². The van der Waals surface area contributed by atoms with E-state index in [1.54, 1.807) is 16.9 Å². The van der Waals surface area contributed by atoms with Crippen molar-refractivity contribution in [2.75, 3.05) is 13.2 Å². The highest BCUT2D eigenvalue weighted by Gasteiger charge is 2.26. The topological polar surface area (TPSA) is 78.1 Å². The number of ether oxygens (including phenoxy) is 1. The summed E-state index contributed by atoms with van der Waals surface area (Å²) in [6, 6.07) is 22.0. The molecule has 8 heteroatoms. The maximum atomic E-state index is 6.56. The molecule has 0 aliphatic carbocycles. The molecule has 1 aliphatic heterocycles. The van der Waals surface area contributed by atoms with E-state index in [0.29, 0.717) is 35.4 Å². The molecule has 2 aromatic carbocycles. The van der Waals surface area contributed by atoms with Crippen LogP contribution in [-0.2, 0) is 4.74 Å². The minimum absolute atomic E-state index is 0.105. The summed E-state index contributed by atoms with van der Waals surface area (Å²) in [4.78, 5) is 9.38. The normalized spacial score (nSPS) is 13.6. The highest BCUT2D eigenvalue weighted by molar-refractivity contribution is 6.33. The van der Waals surface area contributed by atoms with Gasteiger partial charge in [0.05, 0.1) is 35.8 Å². The Balaban J connectivity index is 1.54. The molecule has 0 radical (unpaired) electrons. The van der Waals surface area contributed by atoms with Crippen LogP contribution in [0.3, 0.4) is 0 Å². The Hall–Kier alpha value is -3.42. The lowest BCUT2D eigenvalue weighted by Crippen LogP contribution is -2.32. The number of benzene rings is 2. The quantitative estimate of drug-likeness (QED) is 0.457. The number of aromatic nitrogens is 5. The molecule has 30 heavy (non-hydrogen) atoms. The number of pyridine rings is 1. The maximum absolute atomic E-state index is 6.56. The molecule has 0 bridgehead atoms. The fourth-order valence-corrected chi connectivity index (χ4v) is 3.48. The molecule has 1 fully saturated rings. The van der Waals surface area contributed by atoms with Crippen LogP contribution in [0.4, 0.5) is 5.69 Å². The van der Waals surface area contributed by atoms with Gasteiger partial charge < -0.3 is 4.74 Å². The number of aliphatic imine (C=N–C) groups is 1. The summed E-state index contributed by atoms with van der Waals surface area (Å²) < 4.78 is 6.95. The zero-order valence-electron chi connectivity index (χ0n) is 15.9. The van der Waals surface area contributed by atoms with Gasteiger partial charge in [-0.2, -0.15) is 0 Å². The molecule has 5 rings (SSSR count). The average molecular weight is 417 g/mol. The molecule has 1 aliphatic rings. The fraction of sp³-hybridized carbons (Fsp3) is 0.136. The molecule has 0 spiro atoms. The van der Waals surface area contributed by atoms with Gasteiger partial charge in [0.15, 0.2) is 0 Å². The third kappa shape index (κ3) is 3.60. The lowest BCUT2D eigenvalue weighted by Gasteiger charge is -2.26. The van der Waals surface area contributed by atoms with Crippen LogP contribution >= 0.6 is 11.6 Å². The molecular formula is C22H17ClN6O. The molecule has 0 saturated carbocycles. The van der Waals surface area contributed by atoms with Gasteiger partial charge in [-0.05, 0) is 16.5 Å². The predicted octanol–water partition coefficient (Wildman–Crippen LogP) is 4.13. The van der Waals surface area contributed by atoms with Crippen LogP contribution in [0.5, 0.6) is 0 Å². The van der Waals surface area contributed by atoms with E-state index in [4.69, 9.17) is 21.3 Å². The van der Waals surface area contributed by atoms with Crippen molar-refractivity contribution in [3.63, 3.8) is 0 Å². The average Bonchev–Trinajstić information content (AvgIpc) is 3.21. The Labute approximate surface area is 178 Å². The van der Waals surface area contributed by atoms with E-state index in [1.807, 2.05) is 60.7 Å². The SMILES string of the molecule is Clc1cc(N=C(c2ccccc2)c2ccccc2)cnc1-c1nnnn1C1COC1. The Bertz CT molecular complexity index is 1150. The highest BCUT2D eigenvalue weighted by Crippen LogP contribution is 2.30. The van der Waals surface area contributed by atoms with Crippen LogP contribution in [0.2, 0.25) is 5.02 Å². The summed E-state index contributed by atoms with van der Waals surface area (Å²) >= 11 is 6.56. The monoisotopic (exact) mass is 416 g/mol. The lowest BCUT2D eigenvalue weighted by atomic mass is 10.0. The minimum Gasteiger partial charge on any atom is -0.377 e. The van der Waals surface area contributed by atoms with Crippen molar-refractivity contribution >= 4 is 23.0 Å². The van der Waals surface area contributed by atoms with Gasteiger partial charge in [-0.3, -0.25) is 0 Å². The number of hydrogen-bond acceptors (Lipinski definition) is 6. The molecule has 3 heterocycles. The lowest BCUT2D eigenvalue weighted by molar-refractivity contribution is -0.0286. The van der Waals surface area contributed by atoms with Crippen LogP contribution in [0.25, 0.3) is 11.5 Å². The van der Waals surface area contributed by atoms with Crippen molar-refractivity contribution < 1.29 is 4.74 Å². The van der Waals surface area contributed by atoms with Crippen LogP contribution in [0, 0.1) is 0 Å². The van der Waals surface area contributed by atoms with Crippen molar-refractivity contribution in [2.24, 2.45) is 4.99 Å². The standard InChI is InChI=1S/C22H17ClN6O/c23-19-11-17(12-24-21(19)22-26-27-28-29(22)18-13-30-14-18)25-20(15-7-3-1-4-8-15)16-9-5-2-6-10-16/h1-12,18H,13-14H2. The first kappa shape index (κ1) is 18.6. The first-order valence-electron chi connectivity index (χ1n) is 9.50. The second-order valence-electron chi connectivity index (χ2n) is 6.85. The van der Waals surface area contributed by atoms with Gasteiger partial charge in [0, 0.05) is 11.1 Å². The second kappa shape index (κ2) is 8.14. The second-order valence-corrected chi connectivity index (χ2v) is 7.26. The molecular weight excluding hydrogens is 400 g/mol. The fourth-order valence-electron chi connectivity index (χ4n) is 3.23. The van der Waals surface area contributed by atoms with Crippen molar-refractivity contribution in [2.45, 2.75) is 6.04 Å². The van der Waals surface area contributed by atoms with Gasteiger partial charge in [-0.25, -0.2) is 14.7 Å². The number of rotatable bonds is 5. The summed E-state index contributed by atoms with van der Waals surface area (Å²) in [5.41, 5.74) is 4.04. The summed E-state index contributed by atoms with van der Waals surface area (Å²) in [6.07, 6.45) is 1.68. The van der Waals surface area contributed by atoms with Crippen molar-refractivity contribution in [3.8, 4) is 11.5 Å². The van der Waals surface area contributed by atoms with Crippen molar-refractivity contribution in [3.05, 3.63) is 89.1 Å². The Morgan fingerprint density at radius 1 is 1.00 bits per heavy atom. The summed E-state index contributed by atoms with van der Waals surface area (Å²) in [5, 5.41) is 12.4. The number of tetrazole rings is 1. The third-order valence-electron chi connectivity index (χ3n) is 4.83. The van der Waals surface area contributed by atoms with Crippen molar-refractivity contribution in [1.29, 1.82) is 0 Å². The van der Waals surface area contributed by atoms with Crippen LogP contribution in [0.1, 0.15) is 17.2 Å². The molecule has 0 N–H and O–H groups in total. The summed E-state index contributed by atoms with van der Waals surface area (Å²) in [5.74, 6) is 0.523. The van der Waals surface area contributed by atoms with Gasteiger partial charge in [-0.1, -0.05) is 72.3 Å². The smallest absolute Gasteiger partial charge is 0.202 e. The first-order valence-corrected chi connectivity index (χ1v) is 9.88. The molecule has 2 aromatic heterocycles. The summed E-state index contributed by atoms with van der Waals surface area (Å²) in [6.45, 7) is 1.16. The van der Waals surface area contributed by atoms with E-state index >= 15 is 0 Å². The van der Waals surface area contributed by atoms with E-state index in [9.17, 15) is 0 Å². The minimum atomic E-state index is 0.105. The maximum Gasteiger partial charge on any atom is 0.202 e. The number of nitrogens with zero attached hydrogens (tertiary/aromatic N) is 6. The van der Waals surface area contributed by atoms with Gasteiger partial charge in [0.25, 0.3) is 0 Å². The zero-order chi connectivity index (χ0) is 20.3. The van der Waals surface area contributed by atoms with Crippen molar-refractivity contribution in [1.82, 2.24) is 25.2 Å². The van der Waals surface area contributed by atoms with Gasteiger partial charge in [0.1, 0.15) is 11.7 Å². The third-order valence-corrected chi connectivity index (χ3v) is 5.12. The van der Waals surface area contributed by atoms with Gasteiger partial charge >= 0.3 is 0 Å². The Kier molecular flexibility index (Phi) is 5.04. The summed E-state index contributed by atoms with van der Waals surface area (Å²) in [7, 11) is 0. The van der Waals surface area contributed by atoms with Crippen LogP contribution in [-0.4, -0.2) is 44.1 Å². The zero-order valence-corrected chi connectivity index (χ0v) is 16.6. The highest BCUT2D eigenvalue weighted by atomic mass is 35.5. The van der Waals surface area contributed by atoms with Gasteiger partial charge in [0.2, 0.25) is 5.82 Å². The van der Waals surface area contributed by atoms with Crippen LogP contribution < -0.4 is 0 Å². The number of halogens is 1. The first-order chi connectivity index (χ1) is 14.8. The van der Waals surface area contributed by atoms with Crippen LogP contribution in [0.15, 0.2) is 77.9 Å². The molecule has 0 amide bonds. The molecule has 4 aromatic rings.